The molecule has 0 saturated heterocycles. The Bertz CT molecular complexity index is 650. The molecule has 2 aromatic heterocycles. The van der Waals surface area contributed by atoms with Crippen molar-refractivity contribution in [3.8, 4) is 0 Å². The Morgan fingerprint density at radius 3 is 2.95 bits per heavy atom. The molecule has 0 aliphatic heterocycles. The Labute approximate surface area is 120 Å². The minimum atomic E-state index is -0.395. The summed E-state index contributed by atoms with van der Waals surface area (Å²) in [4.78, 5) is 25.5. The number of carbonyl (C=O) groups excluding carboxylic acids is 1. The average molecular weight is 292 g/mol. The molecule has 0 aliphatic rings. The van der Waals surface area contributed by atoms with E-state index < -0.39 is 5.91 Å². The Hall–Kier alpha value is -2.02. The van der Waals surface area contributed by atoms with E-state index >= 15 is 0 Å². The van der Waals surface area contributed by atoms with Gasteiger partial charge in [-0.2, -0.15) is 0 Å². The highest BCUT2D eigenvalue weighted by Crippen LogP contribution is 2.26. The molecule has 6 nitrogen and oxygen atoms in total. The second-order valence-corrected chi connectivity index (χ2v) is 5.53. The van der Waals surface area contributed by atoms with Gasteiger partial charge in [0.25, 0.3) is 5.91 Å². The van der Waals surface area contributed by atoms with Crippen LogP contribution < -0.4 is 10.9 Å². The maximum absolute atomic E-state index is 11.9. The highest BCUT2D eigenvalue weighted by molar-refractivity contribution is 7.15. The lowest BCUT2D eigenvalue weighted by Crippen LogP contribution is -2.17. The van der Waals surface area contributed by atoms with Gasteiger partial charge in [-0.25, -0.2) is 0 Å². The smallest absolute Gasteiger partial charge is 0.274 e. The topological polar surface area (TPSA) is 87.7 Å². The van der Waals surface area contributed by atoms with Crippen LogP contribution in [0.15, 0.2) is 23.0 Å². The number of H-pyrrole nitrogens is 1. The van der Waals surface area contributed by atoms with Crippen LogP contribution in [-0.2, 0) is 0 Å². The lowest BCUT2D eigenvalue weighted by molar-refractivity contribution is 0.102. The fourth-order valence-corrected chi connectivity index (χ4v) is 2.61. The summed E-state index contributed by atoms with van der Waals surface area (Å²) >= 11 is 1.36. The first kappa shape index (κ1) is 14.4. The molecule has 20 heavy (non-hydrogen) atoms. The molecule has 0 fully saturated rings. The van der Waals surface area contributed by atoms with Gasteiger partial charge in [-0.1, -0.05) is 37.7 Å². The standard InChI is InChI=1S/C13H16N4O2S/c1-3-5-8(2)12-16-17-13(20-12)15-11(19)9-6-4-7-10(18)14-9/h4,6-8H,3,5H2,1-2H3,(H,14,18)(H,15,17,19)/t8-/m1/s1. The van der Waals surface area contributed by atoms with Crippen molar-refractivity contribution < 1.29 is 4.79 Å². The van der Waals surface area contributed by atoms with E-state index in [1.165, 1.54) is 23.5 Å². The monoisotopic (exact) mass is 292 g/mol. The number of nitrogens with zero attached hydrogens (tertiary/aromatic N) is 2. The van der Waals surface area contributed by atoms with Crippen LogP contribution in [-0.4, -0.2) is 21.1 Å². The lowest BCUT2D eigenvalue weighted by Gasteiger charge is -2.03. The molecule has 7 heteroatoms. The first-order valence-corrected chi connectivity index (χ1v) is 7.26. The van der Waals surface area contributed by atoms with Crippen LogP contribution in [0.5, 0.6) is 0 Å². The SMILES string of the molecule is CCC[C@@H](C)c1nnc(NC(=O)c2cccc(=O)[nH]2)s1. The number of rotatable bonds is 5. The summed E-state index contributed by atoms with van der Waals surface area (Å²) in [6.07, 6.45) is 2.11. The zero-order chi connectivity index (χ0) is 14.5. The zero-order valence-corrected chi connectivity index (χ0v) is 12.2. The minimum Gasteiger partial charge on any atom is -0.318 e. The molecule has 2 aromatic rings. The highest BCUT2D eigenvalue weighted by atomic mass is 32.1. The maximum atomic E-state index is 11.9. The Morgan fingerprint density at radius 2 is 2.25 bits per heavy atom. The van der Waals surface area contributed by atoms with Gasteiger partial charge in [0.05, 0.1) is 0 Å². The van der Waals surface area contributed by atoms with Crippen molar-refractivity contribution in [1.82, 2.24) is 15.2 Å². The number of nitrogens with one attached hydrogen (secondary N) is 2. The second kappa shape index (κ2) is 6.42. The summed E-state index contributed by atoms with van der Waals surface area (Å²) in [7, 11) is 0. The van der Waals surface area contributed by atoms with Gasteiger partial charge in [-0.3, -0.25) is 14.9 Å². The van der Waals surface area contributed by atoms with E-state index in [4.69, 9.17) is 0 Å². The average Bonchev–Trinajstić information content (AvgIpc) is 2.87. The normalized spacial score (nSPS) is 12.1. The summed E-state index contributed by atoms with van der Waals surface area (Å²) in [6, 6.07) is 4.42. The Balaban J connectivity index is 2.07. The van der Waals surface area contributed by atoms with Crippen LogP contribution in [0.25, 0.3) is 0 Å². The summed E-state index contributed by atoms with van der Waals surface area (Å²) < 4.78 is 0. The van der Waals surface area contributed by atoms with Gasteiger partial charge in [-0.05, 0) is 12.5 Å². The van der Waals surface area contributed by atoms with E-state index in [9.17, 15) is 9.59 Å². The molecular formula is C13H16N4O2S. The van der Waals surface area contributed by atoms with E-state index in [0.717, 1.165) is 17.8 Å². The van der Waals surface area contributed by atoms with Gasteiger partial charge in [0.2, 0.25) is 10.7 Å². The van der Waals surface area contributed by atoms with Crippen LogP contribution in [0.1, 0.15) is 48.1 Å². The van der Waals surface area contributed by atoms with E-state index in [-0.39, 0.29) is 11.3 Å². The van der Waals surface area contributed by atoms with Gasteiger partial charge < -0.3 is 4.98 Å². The molecule has 0 bridgehead atoms. The molecule has 0 saturated carbocycles. The maximum Gasteiger partial charge on any atom is 0.274 e. The quantitative estimate of drug-likeness (QED) is 0.885. The Kier molecular flexibility index (Phi) is 4.62. The molecule has 1 amide bonds. The fraction of sp³-hybridized carbons (Fsp3) is 0.385. The minimum absolute atomic E-state index is 0.204. The molecule has 0 unspecified atom stereocenters. The summed E-state index contributed by atoms with van der Waals surface area (Å²) in [5.41, 5.74) is -0.108. The van der Waals surface area contributed by atoms with Crippen LogP contribution >= 0.6 is 11.3 Å². The van der Waals surface area contributed by atoms with E-state index in [1.807, 2.05) is 0 Å². The molecule has 2 rings (SSSR count). The van der Waals surface area contributed by atoms with Crippen LogP contribution in [0, 0.1) is 0 Å². The van der Waals surface area contributed by atoms with Crippen LogP contribution in [0.4, 0.5) is 5.13 Å². The summed E-state index contributed by atoms with van der Waals surface area (Å²) in [5, 5.41) is 12.0. The number of anilines is 1. The predicted molar refractivity (Wildman–Crippen MR) is 78.2 cm³/mol. The first-order valence-electron chi connectivity index (χ1n) is 6.44. The number of amides is 1. The molecule has 1 atom stereocenters. The van der Waals surface area contributed by atoms with Crippen molar-refractivity contribution in [3.05, 3.63) is 39.3 Å². The second-order valence-electron chi connectivity index (χ2n) is 4.52. The van der Waals surface area contributed by atoms with Gasteiger partial charge in [0.1, 0.15) is 10.7 Å². The molecule has 2 heterocycles. The largest absolute Gasteiger partial charge is 0.318 e. The number of carbonyl (C=O) groups is 1. The van der Waals surface area contributed by atoms with Gasteiger partial charge in [0.15, 0.2) is 0 Å². The predicted octanol–water partition coefficient (Wildman–Crippen LogP) is 2.38. The molecule has 106 valence electrons. The zero-order valence-electron chi connectivity index (χ0n) is 11.3. The van der Waals surface area contributed by atoms with Crippen molar-refractivity contribution in [1.29, 1.82) is 0 Å². The fourth-order valence-electron chi connectivity index (χ4n) is 1.79. The van der Waals surface area contributed by atoms with Crippen molar-refractivity contribution >= 4 is 22.4 Å². The van der Waals surface area contributed by atoms with Crippen LogP contribution in [0.2, 0.25) is 0 Å². The van der Waals surface area contributed by atoms with Gasteiger partial charge in [-0.15, -0.1) is 10.2 Å². The number of hydrogen-bond donors (Lipinski definition) is 2. The third kappa shape index (κ3) is 3.51. The first-order chi connectivity index (χ1) is 9.60. The van der Waals surface area contributed by atoms with Crippen molar-refractivity contribution in [2.24, 2.45) is 0 Å². The molecule has 2 N–H and O–H groups in total. The van der Waals surface area contributed by atoms with Crippen molar-refractivity contribution in [2.75, 3.05) is 5.32 Å². The number of pyridine rings is 1. The highest BCUT2D eigenvalue weighted by Gasteiger charge is 2.14. The lowest BCUT2D eigenvalue weighted by atomic mass is 10.1. The summed E-state index contributed by atoms with van der Waals surface area (Å²) in [6.45, 7) is 4.20. The molecule has 0 radical (unpaired) electrons. The molecule has 0 aliphatic carbocycles. The summed E-state index contributed by atoms with van der Waals surface area (Å²) in [5.74, 6) is -0.0618. The third-order valence-corrected chi connectivity index (χ3v) is 3.89. The number of hydrogen-bond acceptors (Lipinski definition) is 5. The van der Waals surface area contributed by atoms with E-state index in [1.54, 1.807) is 6.07 Å². The van der Waals surface area contributed by atoms with E-state index in [2.05, 4.69) is 34.3 Å². The van der Waals surface area contributed by atoms with Gasteiger partial charge >= 0.3 is 0 Å². The van der Waals surface area contributed by atoms with Crippen molar-refractivity contribution in [3.63, 3.8) is 0 Å². The van der Waals surface area contributed by atoms with Gasteiger partial charge in [0, 0.05) is 12.0 Å². The van der Waals surface area contributed by atoms with Crippen molar-refractivity contribution in [2.45, 2.75) is 32.6 Å². The molecule has 0 spiro atoms. The number of aromatic nitrogens is 3. The molecular weight excluding hydrogens is 276 g/mol. The number of aromatic amines is 1. The van der Waals surface area contributed by atoms with E-state index in [0.29, 0.717) is 11.0 Å². The molecule has 0 aromatic carbocycles. The van der Waals surface area contributed by atoms with Crippen LogP contribution in [0.3, 0.4) is 0 Å². The third-order valence-electron chi connectivity index (χ3n) is 2.82. The Morgan fingerprint density at radius 1 is 1.45 bits per heavy atom.